The Morgan fingerprint density at radius 3 is 2.00 bits per heavy atom. The molecule has 0 aliphatic carbocycles. The quantitative estimate of drug-likeness (QED) is 0.294. The second-order valence-electron chi connectivity index (χ2n) is 12.1. The van der Waals surface area contributed by atoms with E-state index in [0.717, 1.165) is 37.3 Å². The van der Waals surface area contributed by atoms with Gasteiger partial charge in [0.1, 0.15) is 5.78 Å². The average Bonchev–Trinajstić information content (AvgIpc) is 2.96. The van der Waals surface area contributed by atoms with E-state index in [0.29, 0.717) is 25.8 Å². The molecule has 0 unspecified atom stereocenters. The third-order valence-electron chi connectivity index (χ3n) is 8.00. The van der Waals surface area contributed by atoms with Gasteiger partial charge in [0.2, 0.25) is 5.91 Å². The van der Waals surface area contributed by atoms with E-state index in [9.17, 15) is 24.3 Å². The Morgan fingerprint density at radius 1 is 0.833 bits per heavy atom. The van der Waals surface area contributed by atoms with E-state index in [1.54, 1.807) is 0 Å². The van der Waals surface area contributed by atoms with Crippen LogP contribution in [-0.2, 0) is 32.0 Å². The molecule has 2 N–H and O–H groups in total. The zero-order chi connectivity index (χ0) is 30.5. The van der Waals surface area contributed by atoms with Crippen molar-refractivity contribution in [3.63, 3.8) is 0 Å². The molecule has 2 aromatic rings. The second kappa shape index (κ2) is 16.9. The van der Waals surface area contributed by atoms with Gasteiger partial charge < -0.3 is 15.3 Å². The molecule has 42 heavy (non-hydrogen) atoms. The standard InChI is InChI=1S/C34H47N3O5/c1-25(2)20-31(32(39)23-29(34(41)42)21-27-12-8-5-9-13-27)35-33(40)28(15-14-26-10-6-4-7-11-26)22-30(38)24-37-18-16-36(3)17-19-37/h4-13,25,28-29,31H,14-24H2,1-3H3,(H,35,40)(H,41,42)/t28-,29-,31+/m1/s1. The highest BCUT2D eigenvalue weighted by Gasteiger charge is 2.31. The predicted octanol–water partition coefficient (Wildman–Crippen LogP) is 3.88. The van der Waals surface area contributed by atoms with Crippen LogP contribution in [0.15, 0.2) is 60.7 Å². The first-order valence-corrected chi connectivity index (χ1v) is 15.2. The molecule has 0 bridgehead atoms. The van der Waals surface area contributed by atoms with E-state index in [1.807, 2.05) is 74.5 Å². The van der Waals surface area contributed by atoms with Gasteiger partial charge in [0.15, 0.2) is 5.78 Å². The minimum Gasteiger partial charge on any atom is -0.481 e. The highest BCUT2D eigenvalue weighted by molar-refractivity contribution is 5.93. The van der Waals surface area contributed by atoms with Crippen LogP contribution in [0.5, 0.6) is 0 Å². The number of aryl methyl sites for hydroxylation is 1. The Bertz CT molecular complexity index is 1150. The number of Topliss-reactive ketones (excluding diaryl/α,β-unsaturated/α-hetero) is 2. The number of nitrogens with one attached hydrogen (secondary N) is 1. The Labute approximate surface area is 250 Å². The fraction of sp³-hybridized carbons (Fsp3) is 0.529. The van der Waals surface area contributed by atoms with Crippen molar-refractivity contribution in [1.82, 2.24) is 15.1 Å². The Kier molecular flexibility index (Phi) is 13.4. The molecule has 1 amide bonds. The topological polar surface area (TPSA) is 107 Å². The number of hydrogen-bond acceptors (Lipinski definition) is 6. The van der Waals surface area contributed by atoms with Crippen molar-refractivity contribution < 1.29 is 24.3 Å². The van der Waals surface area contributed by atoms with Gasteiger partial charge in [-0.15, -0.1) is 0 Å². The fourth-order valence-electron chi connectivity index (χ4n) is 5.47. The van der Waals surface area contributed by atoms with Crippen LogP contribution in [0.2, 0.25) is 0 Å². The second-order valence-corrected chi connectivity index (χ2v) is 12.1. The normalized spacial score (nSPS) is 16.5. The number of carboxylic acids is 1. The molecule has 0 aromatic heterocycles. The maximum atomic E-state index is 13.7. The Hall–Kier alpha value is -3.36. The highest BCUT2D eigenvalue weighted by atomic mass is 16.4. The van der Waals surface area contributed by atoms with E-state index in [1.165, 1.54) is 0 Å². The summed E-state index contributed by atoms with van der Waals surface area (Å²) in [7, 11) is 2.07. The number of likely N-dealkylation sites (N-methyl/N-ethyl adjacent to an activating group) is 1. The molecular weight excluding hydrogens is 530 g/mol. The summed E-state index contributed by atoms with van der Waals surface area (Å²) in [5.74, 6) is -2.96. The molecule has 1 aliphatic heterocycles. The van der Waals surface area contributed by atoms with Gasteiger partial charge in [0, 0.05) is 44.9 Å². The third kappa shape index (κ3) is 11.5. The molecule has 1 saturated heterocycles. The van der Waals surface area contributed by atoms with E-state index < -0.39 is 23.8 Å². The van der Waals surface area contributed by atoms with Gasteiger partial charge in [-0.2, -0.15) is 0 Å². The highest BCUT2D eigenvalue weighted by Crippen LogP contribution is 2.20. The number of carbonyl (C=O) groups is 4. The lowest BCUT2D eigenvalue weighted by atomic mass is 9.88. The van der Waals surface area contributed by atoms with Crippen molar-refractivity contribution in [1.29, 1.82) is 0 Å². The third-order valence-corrected chi connectivity index (χ3v) is 8.00. The molecule has 3 rings (SSSR count). The minimum atomic E-state index is -1.03. The Balaban J connectivity index is 1.70. The fourth-order valence-corrected chi connectivity index (χ4v) is 5.47. The summed E-state index contributed by atoms with van der Waals surface area (Å²) in [5, 5.41) is 12.8. The largest absolute Gasteiger partial charge is 0.481 e. The van der Waals surface area contributed by atoms with Crippen LogP contribution in [0.3, 0.4) is 0 Å². The summed E-state index contributed by atoms with van der Waals surface area (Å²) in [6.45, 7) is 7.72. The number of ketones is 2. The summed E-state index contributed by atoms with van der Waals surface area (Å²) in [4.78, 5) is 56.7. The zero-order valence-corrected chi connectivity index (χ0v) is 25.3. The number of hydrogen-bond donors (Lipinski definition) is 2. The van der Waals surface area contributed by atoms with E-state index in [4.69, 9.17) is 0 Å². The van der Waals surface area contributed by atoms with Gasteiger partial charge in [0.05, 0.1) is 18.5 Å². The van der Waals surface area contributed by atoms with Crippen LogP contribution < -0.4 is 5.32 Å². The van der Waals surface area contributed by atoms with Crippen LogP contribution >= 0.6 is 0 Å². The number of piperazine rings is 1. The molecule has 8 nitrogen and oxygen atoms in total. The molecule has 0 saturated carbocycles. The number of carboxylic acid groups (broad SMARTS) is 1. The lowest BCUT2D eigenvalue weighted by molar-refractivity contribution is -0.144. The van der Waals surface area contributed by atoms with Crippen LogP contribution in [-0.4, -0.2) is 84.2 Å². The first-order chi connectivity index (χ1) is 20.1. The van der Waals surface area contributed by atoms with E-state index in [2.05, 4.69) is 22.2 Å². The van der Waals surface area contributed by atoms with Gasteiger partial charge in [0.25, 0.3) is 0 Å². The van der Waals surface area contributed by atoms with Crippen molar-refractivity contribution in [2.45, 2.75) is 58.4 Å². The first-order valence-electron chi connectivity index (χ1n) is 15.2. The summed E-state index contributed by atoms with van der Waals surface area (Å²) >= 11 is 0. The van der Waals surface area contributed by atoms with Gasteiger partial charge in [-0.3, -0.25) is 24.1 Å². The average molecular weight is 578 g/mol. The van der Waals surface area contributed by atoms with Crippen LogP contribution in [0.1, 0.15) is 50.7 Å². The maximum absolute atomic E-state index is 13.7. The van der Waals surface area contributed by atoms with Crippen molar-refractivity contribution in [2.75, 3.05) is 39.8 Å². The summed E-state index contributed by atoms with van der Waals surface area (Å²) in [5.41, 5.74) is 1.93. The molecule has 228 valence electrons. The Morgan fingerprint density at radius 2 is 1.43 bits per heavy atom. The number of carbonyl (C=O) groups excluding carboxylic acids is 3. The monoisotopic (exact) mass is 577 g/mol. The van der Waals surface area contributed by atoms with Crippen molar-refractivity contribution in [3.8, 4) is 0 Å². The summed E-state index contributed by atoms with van der Waals surface area (Å²) < 4.78 is 0. The van der Waals surface area contributed by atoms with Crippen molar-refractivity contribution >= 4 is 23.4 Å². The van der Waals surface area contributed by atoms with Crippen LogP contribution in [0.25, 0.3) is 0 Å². The maximum Gasteiger partial charge on any atom is 0.307 e. The zero-order valence-electron chi connectivity index (χ0n) is 25.3. The predicted molar refractivity (Wildman–Crippen MR) is 164 cm³/mol. The SMILES string of the molecule is CC(C)C[C@H](NC(=O)[C@H](CCc1ccccc1)CC(=O)CN1CCN(C)CC1)C(=O)C[C@@H](Cc1ccccc1)C(=O)O. The smallest absolute Gasteiger partial charge is 0.307 e. The summed E-state index contributed by atoms with van der Waals surface area (Å²) in [6, 6.07) is 18.3. The molecule has 0 spiro atoms. The molecule has 3 atom stereocenters. The molecule has 1 fully saturated rings. The van der Waals surface area contributed by atoms with Crippen molar-refractivity contribution in [3.05, 3.63) is 71.8 Å². The van der Waals surface area contributed by atoms with E-state index >= 15 is 0 Å². The lowest BCUT2D eigenvalue weighted by Crippen LogP contribution is -2.47. The van der Waals surface area contributed by atoms with Crippen molar-refractivity contribution in [2.24, 2.45) is 17.8 Å². The van der Waals surface area contributed by atoms with Gasteiger partial charge >= 0.3 is 5.97 Å². The molecular formula is C34H47N3O5. The van der Waals surface area contributed by atoms with Crippen LogP contribution in [0.4, 0.5) is 0 Å². The number of nitrogens with zero attached hydrogens (tertiary/aromatic N) is 2. The molecule has 8 heteroatoms. The molecule has 1 aliphatic rings. The molecule has 0 radical (unpaired) electrons. The first kappa shape index (κ1) is 33.1. The van der Waals surface area contributed by atoms with Crippen LogP contribution in [0, 0.1) is 17.8 Å². The lowest BCUT2D eigenvalue weighted by Gasteiger charge is -2.32. The van der Waals surface area contributed by atoms with Gasteiger partial charge in [-0.1, -0.05) is 74.5 Å². The van der Waals surface area contributed by atoms with Gasteiger partial charge in [-0.05, 0) is 49.8 Å². The summed E-state index contributed by atoms with van der Waals surface area (Å²) in [6.07, 6.45) is 1.71. The number of amides is 1. The number of rotatable bonds is 17. The number of benzene rings is 2. The van der Waals surface area contributed by atoms with E-state index in [-0.39, 0.29) is 42.7 Å². The molecule has 1 heterocycles. The minimum absolute atomic E-state index is 0.0216. The molecule has 2 aromatic carbocycles. The van der Waals surface area contributed by atoms with Gasteiger partial charge in [-0.25, -0.2) is 0 Å². The number of aliphatic carboxylic acids is 1.